The molecule has 2 fully saturated rings. The predicted molar refractivity (Wildman–Crippen MR) is 89.1 cm³/mol. The summed E-state index contributed by atoms with van der Waals surface area (Å²) in [5.74, 6) is 1.05. The molecule has 2 saturated carbocycles. The van der Waals surface area contributed by atoms with Crippen molar-refractivity contribution in [1.29, 1.82) is 0 Å². The van der Waals surface area contributed by atoms with Crippen LogP contribution in [0.15, 0.2) is 0 Å². The second-order valence-corrected chi connectivity index (χ2v) is 7.70. The van der Waals surface area contributed by atoms with Crippen LogP contribution in [-0.2, 0) is 0 Å². The van der Waals surface area contributed by atoms with Crippen molar-refractivity contribution in [1.82, 2.24) is 5.32 Å². The van der Waals surface area contributed by atoms with Gasteiger partial charge in [-0.2, -0.15) is 0 Å². The van der Waals surface area contributed by atoms with Crippen molar-refractivity contribution in [2.75, 3.05) is 6.54 Å². The molecule has 0 aromatic heterocycles. The Hall–Kier alpha value is -0.0400. The Bertz CT molecular complexity index is 248. The fraction of sp³-hybridized carbons (Fsp3) is 1.00. The predicted octanol–water partition coefficient (Wildman–Crippen LogP) is 5.69. The topological polar surface area (TPSA) is 12.0 Å². The van der Waals surface area contributed by atoms with Crippen LogP contribution in [0.1, 0.15) is 97.3 Å². The Morgan fingerprint density at radius 2 is 1.60 bits per heavy atom. The smallest absolute Gasteiger partial charge is 0.00684 e. The third-order valence-corrected chi connectivity index (χ3v) is 5.79. The van der Waals surface area contributed by atoms with Crippen LogP contribution in [0.2, 0.25) is 0 Å². The fourth-order valence-corrected chi connectivity index (χ4v) is 3.98. The first-order chi connectivity index (χ1) is 9.78. The maximum atomic E-state index is 3.85. The molecule has 0 spiro atoms. The Labute approximate surface area is 127 Å². The van der Waals surface area contributed by atoms with Gasteiger partial charge in [0.25, 0.3) is 0 Å². The monoisotopic (exact) mass is 279 g/mol. The summed E-state index contributed by atoms with van der Waals surface area (Å²) in [4.78, 5) is 0. The van der Waals surface area contributed by atoms with E-state index in [1.165, 1.54) is 90.0 Å². The first-order valence-electron chi connectivity index (χ1n) is 9.51. The molecule has 2 aliphatic rings. The van der Waals surface area contributed by atoms with E-state index in [4.69, 9.17) is 0 Å². The summed E-state index contributed by atoms with van der Waals surface area (Å²) in [5.41, 5.74) is 0.667. The molecule has 0 radical (unpaired) electrons. The molecule has 2 aliphatic carbocycles. The average molecular weight is 280 g/mol. The number of unbranched alkanes of at least 4 members (excludes halogenated alkanes) is 3. The van der Waals surface area contributed by atoms with Crippen LogP contribution in [0.25, 0.3) is 0 Å². The summed E-state index contributed by atoms with van der Waals surface area (Å²) in [6.45, 7) is 5.98. The molecule has 2 rings (SSSR count). The van der Waals surface area contributed by atoms with Crippen molar-refractivity contribution in [3.05, 3.63) is 0 Å². The van der Waals surface area contributed by atoms with Crippen molar-refractivity contribution in [2.24, 2.45) is 11.3 Å². The lowest BCUT2D eigenvalue weighted by molar-refractivity contribution is 0.123. The summed E-state index contributed by atoms with van der Waals surface area (Å²) in [6.07, 6.45) is 19.0. The molecule has 1 heteroatoms. The molecule has 1 N–H and O–H groups in total. The first kappa shape index (κ1) is 16.3. The van der Waals surface area contributed by atoms with Gasteiger partial charge in [-0.3, -0.25) is 0 Å². The maximum Gasteiger partial charge on any atom is 0.00684 e. The maximum absolute atomic E-state index is 3.85. The lowest BCUT2D eigenvalue weighted by atomic mass is 9.67. The molecule has 0 aliphatic heterocycles. The van der Waals surface area contributed by atoms with E-state index in [2.05, 4.69) is 19.2 Å². The highest BCUT2D eigenvalue weighted by Crippen LogP contribution is 2.44. The molecule has 1 nitrogen and oxygen atoms in total. The summed E-state index contributed by atoms with van der Waals surface area (Å²) < 4.78 is 0. The molecule has 0 unspecified atom stereocenters. The van der Waals surface area contributed by atoms with Crippen LogP contribution in [0.4, 0.5) is 0 Å². The molecule has 0 aromatic rings. The van der Waals surface area contributed by atoms with Crippen LogP contribution >= 0.6 is 0 Å². The molecular weight excluding hydrogens is 242 g/mol. The molecule has 118 valence electrons. The third kappa shape index (κ3) is 5.39. The molecule has 0 saturated heterocycles. The van der Waals surface area contributed by atoms with Gasteiger partial charge in [-0.15, -0.1) is 0 Å². The second kappa shape index (κ2) is 8.41. The van der Waals surface area contributed by atoms with E-state index >= 15 is 0 Å². The number of hydrogen-bond donors (Lipinski definition) is 1. The molecule has 0 heterocycles. The first-order valence-corrected chi connectivity index (χ1v) is 9.51. The van der Waals surface area contributed by atoms with Crippen molar-refractivity contribution in [2.45, 2.75) is 103 Å². The second-order valence-electron chi connectivity index (χ2n) is 7.70. The van der Waals surface area contributed by atoms with Crippen molar-refractivity contribution in [3.8, 4) is 0 Å². The largest absolute Gasteiger partial charge is 0.313 e. The molecular formula is C19H37N. The van der Waals surface area contributed by atoms with Gasteiger partial charge >= 0.3 is 0 Å². The quantitative estimate of drug-likeness (QED) is 0.507. The van der Waals surface area contributed by atoms with Gasteiger partial charge in [0, 0.05) is 12.6 Å². The third-order valence-electron chi connectivity index (χ3n) is 5.79. The Balaban J connectivity index is 1.77. The van der Waals surface area contributed by atoms with Gasteiger partial charge in [-0.1, -0.05) is 52.4 Å². The molecule has 0 amide bonds. The highest BCUT2D eigenvalue weighted by atomic mass is 15.0. The summed E-state index contributed by atoms with van der Waals surface area (Å²) in [5, 5.41) is 3.85. The minimum atomic E-state index is 0.667. The van der Waals surface area contributed by atoms with E-state index in [0.29, 0.717) is 5.41 Å². The van der Waals surface area contributed by atoms with Gasteiger partial charge in [0.2, 0.25) is 0 Å². The van der Waals surface area contributed by atoms with E-state index in [-0.39, 0.29) is 0 Å². The highest BCUT2D eigenvalue weighted by Gasteiger charge is 2.35. The average Bonchev–Trinajstić information content (AvgIpc) is 3.29. The van der Waals surface area contributed by atoms with Crippen LogP contribution < -0.4 is 5.32 Å². The molecule has 0 bridgehead atoms. The molecule has 0 aromatic carbocycles. The van der Waals surface area contributed by atoms with Crippen molar-refractivity contribution in [3.63, 3.8) is 0 Å². The van der Waals surface area contributed by atoms with Gasteiger partial charge in [0.05, 0.1) is 0 Å². The minimum absolute atomic E-state index is 0.667. The fourth-order valence-electron chi connectivity index (χ4n) is 3.98. The zero-order valence-corrected chi connectivity index (χ0v) is 14.1. The van der Waals surface area contributed by atoms with Crippen molar-refractivity contribution >= 4 is 0 Å². The van der Waals surface area contributed by atoms with Gasteiger partial charge in [0.1, 0.15) is 0 Å². The normalized spacial score (nSPS) is 30.6. The minimum Gasteiger partial charge on any atom is -0.313 e. The standard InChI is InChI=1S/C19H37N/c1-3-5-7-13-19(16-20-18-9-10-18)14-11-17(12-15-19)8-6-4-2/h17-18,20H,3-16H2,1-2H3. The van der Waals surface area contributed by atoms with Crippen LogP contribution in [-0.4, -0.2) is 12.6 Å². The van der Waals surface area contributed by atoms with Gasteiger partial charge in [-0.25, -0.2) is 0 Å². The van der Waals surface area contributed by atoms with E-state index in [1.807, 2.05) is 0 Å². The van der Waals surface area contributed by atoms with E-state index in [1.54, 1.807) is 0 Å². The number of nitrogens with one attached hydrogen (secondary N) is 1. The Morgan fingerprint density at radius 1 is 0.900 bits per heavy atom. The lowest BCUT2D eigenvalue weighted by Crippen LogP contribution is -2.38. The number of hydrogen-bond acceptors (Lipinski definition) is 1. The summed E-state index contributed by atoms with van der Waals surface area (Å²) >= 11 is 0. The Kier molecular flexibility index (Phi) is 6.87. The van der Waals surface area contributed by atoms with Gasteiger partial charge in [-0.05, 0) is 56.3 Å². The molecule has 0 atom stereocenters. The van der Waals surface area contributed by atoms with Crippen LogP contribution in [0, 0.1) is 11.3 Å². The van der Waals surface area contributed by atoms with Crippen LogP contribution in [0.5, 0.6) is 0 Å². The summed E-state index contributed by atoms with van der Waals surface area (Å²) in [7, 11) is 0. The van der Waals surface area contributed by atoms with Gasteiger partial charge in [0.15, 0.2) is 0 Å². The number of rotatable bonds is 10. The SMILES string of the molecule is CCCCCC1(CNC2CC2)CCC(CCCC)CC1. The van der Waals surface area contributed by atoms with Crippen LogP contribution in [0.3, 0.4) is 0 Å². The van der Waals surface area contributed by atoms with Crippen molar-refractivity contribution < 1.29 is 0 Å². The highest BCUT2D eigenvalue weighted by molar-refractivity contribution is 4.91. The Morgan fingerprint density at radius 3 is 2.20 bits per heavy atom. The van der Waals surface area contributed by atoms with E-state index < -0.39 is 0 Å². The lowest BCUT2D eigenvalue weighted by Gasteiger charge is -2.41. The van der Waals surface area contributed by atoms with Gasteiger partial charge < -0.3 is 5.32 Å². The van der Waals surface area contributed by atoms with E-state index in [9.17, 15) is 0 Å². The van der Waals surface area contributed by atoms with E-state index in [0.717, 1.165) is 12.0 Å². The molecule has 20 heavy (non-hydrogen) atoms. The zero-order chi connectivity index (χ0) is 14.3. The summed E-state index contributed by atoms with van der Waals surface area (Å²) in [6, 6.07) is 0.885. The zero-order valence-electron chi connectivity index (χ0n) is 14.1.